The van der Waals surface area contributed by atoms with E-state index in [1.165, 1.54) is 18.6 Å². The van der Waals surface area contributed by atoms with Crippen LogP contribution in [-0.2, 0) is 14.8 Å². The van der Waals surface area contributed by atoms with E-state index < -0.39 is 16.0 Å². The average molecular weight is 341 g/mol. The van der Waals surface area contributed by atoms with Crippen LogP contribution in [-0.4, -0.2) is 40.6 Å². The van der Waals surface area contributed by atoms with Crippen LogP contribution in [0, 0.1) is 0 Å². The molecule has 9 heteroatoms. The molecule has 0 amide bonds. The van der Waals surface area contributed by atoms with Crippen LogP contribution in [0.4, 0.5) is 0 Å². The Hall–Kier alpha value is -0.670. The van der Waals surface area contributed by atoms with Gasteiger partial charge in [0.15, 0.2) is 0 Å². The van der Waals surface area contributed by atoms with Gasteiger partial charge in [-0.05, 0) is 32.0 Å². The van der Waals surface area contributed by atoms with Crippen LogP contribution < -0.4 is 10.0 Å². The molecular formula is C11H17ClN2O4S2. The number of methoxy groups -OCH3 is 1. The Labute approximate surface area is 128 Å². The summed E-state index contributed by atoms with van der Waals surface area (Å²) in [5, 5.41) is 4.63. The molecule has 0 aliphatic carbocycles. The van der Waals surface area contributed by atoms with E-state index in [1.807, 2.05) is 0 Å². The van der Waals surface area contributed by atoms with Gasteiger partial charge in [0.1, 0.15) is 4.88 Å². The highest BCUT2D eigenvalue weighted by Crippen LogP contribution is 2.20. The molecule has 1 aliphatic heterocycles. The van der Waals surface area contributed by atoms with E-state index in [0.29, 0.717) is 0 Å². The maximum absolute atomic E-state index is 12.1. The minimum absolute atomic E-state index is 0. The number of halogens is 1. The third kappa shape index (κ3) is 4.16. The van der Waals surface area contributed by atoms with E-state index >= 15 is 0 Å². The quantitative estimate of drug-likeness (QED) is 0.798. The highest BCUT2D eigenvalue weighted by molar-refractivity contribution is 7.89. The fourth-order valence-electron chi connectivity index (χ4n) is 1.89. The second-order valence-corrected chi connectivity index (χ2v) is 6.91. The molecule has 0 radical (unpaired) electrons. The normalized spacial score (nSPS) is 16.4. The monoisotopic (exact) mass is 340 g/mol. The SMILES string of the molecule is COC(=O)c1cc(S(=O)(=O)NC2CCNCC2)cs1.Cl. The second kappa shape index (κ2) is 7.37. The predicted molar refractivity (Wildman–Crippen MR) is 79.1 cm³/mol. The van der Waals surface area contributed by atoms with Crippen LogP contribution in [0.15, 0.2) is 16.3 Å². The van der Waals surface area contributed by atoms with Gasteiger partial charge in [0.25, 0.3) is 0 Å². The van der Waals surface area contributed by atoms with Crippen LogP contribution in [0.5, 0.6) is 0 Å². The fourth-order valence-corrected chi connectivity index (χ4v) is 4.39. The minimum Gasteiger partial charge on any atom is -0.465 e. The highest BCUT2D eigenvalue weighted by atomic mass is 35.5. The summed E-state index contributed by atoms with van der Waals surface area (Å²) in [6.45, 7) is 1.62. The Balaban J connectivity index is 0.00000200. The first-order valence-corrected chi connectivity index (χ1v) is 8.29. The molecule has 0 aromatic carbocycles. The summed E-state index contributed by atoms with van der Waals surface area (Å²) in [6, 6.07) is 1.30. The predicted octanol–water partition coefficient (Wildman–Crippen LogP) is 0.987. The molecule has 2 N–H and O–H groups in total. The summed E-state index contributed by atoms with van der Waals surface area (Å²) in [5.41, 5.74) is 0. The Kier molecular flexibility index (Phi) is 6.41. The van der Waals surface area contributed by atoms with Crippen molar-refractivity contribution in [1.82, 2.24) is 10.0 Å². The van der Waals surface area contributed by atoms with Gasteiger partial charge in [-0.15, -0.1) is 23.7 Å². The topological polar surface area (TPSA) is 84.5 Å². The first kappa shape index (κ1) is 17.4. The van der Waals surface area contributed by atoms with Gasteiger partial charge in [0.2, 0.25) is 10.0 Å². The van der Waals surface area contributed by atoms with E-state index in [0.717, 1.165) is 37.3 Å². The number of carbonyl (C=O) groups excluding carboxylic acids is 1. The molecule has 1 aromatic rings. The second-order valence-electron chi connectivity index (χ2n) is 4.28. The number of hydrogen-bond donors (Lipinski definition) is 2. The van der Waals surface area contributed by atoms with Crippen molar-refractivity contribution < 1.29 is 17.9 Å². The largest absolute Gasteiger partial charge is 0.465 e. The van der Waals surface area contributed by atoms with E-state index in [9.17, 15) is 13.2 Å². The average Bonchev–Trinajstić information content (AvgIpc) is 2.89. The lowest BCUT2D eigenvalue weighted by Gasteiger charge is -2.23. The van der Waals surface area contributed by atoms with Gasteiger partial charge in [0.05, 0.1) is 12.0 Å². The van der Waals surface area contributed by atoms with Crippen LogP contribution in [0.25, 0.3) is 0 Å². The van der Waals surface area contributed by atoms with Crippen molar-refractivity contribution in [2.75, 3.05) is 20.2 Å². The molecule has 0 saturated carbocycles. The van der Waals surface area contributed by atoms with Crippen molar-refractivity contribution >= 4 is 39.7 Å². The molecule has 1 saturated heterocycles. The van der Waals surface area contributed by atoms with Crippen LogP contribution in [0.2, 0.25) is 0 Å². The van der Waals surface area contributed by atoms with Gasteiger partial charge in [-0.1, -0.05) is 0 Å². The molecule has 0 spiro atoms. The highest BCUT2D eigenvalue weighted by Gasteiger charge is 2.23. The fraction of sp³-hybridized carbons (Fsp3) is 0.545. The van der Waals surface area contributed by atoms with Gasteiger partial charge in [-0.25, -0.2) is 17.9 Å². The zero-order valence-corrected chi connectivity index (χ0v) is 13.4. The molecule has 0 atom stereocenters. The standard InChI is InChI=1S/C11H16N2O4S2.ClH/c1-17-11(14)10-6-9(7-18-10)19(15,16)13-8-2-4-12-5-3-8;/h6-8,12-13H,2-5H2,1H3;1H. The summed E-state index contributed by atoms with van der Waals surface area (Å²) >= 11 is 1.07. The van der Waals surface area contributed by atoms with E-state index in [-0.39, 0.29) is 28.2 Å². The lowest BCUT2D eigenvalue weighted by atomic mass is 10.1. The third-order valence-electron chi connectivity index (χ3n) is 2.93. The number of ether oxygens (including phenoxy) is 1. The number of carbonyl (C=O) groups is 1. The maximum atomic E-state index is 12.1. The molecule has 114 valence electrons. The summed E-state index contributed by atoms with van der Waals surface area (Å²) in [4.78, 5) is 11.7. The summed E-state index contributed by atoms with van der Waals surface area (Å²) in [7, 11) is -2.29. The van der Waals surface area contributed by atoms with E-state index in [2.05, 4.69) is 14.8 Å². The lowest BCUT2D eigenvalue weighted by molar-refractivity contribution is 0.0606. The van der Waals surface area contributed by atoms with Gasteiger partial charge >= 0.3 is 5.97 Å². The van der Waals surface area contributed by atoms with Gasteiger partial charge < -0.3 is 10.1 Å². The van der Waals surface area contributed by atoms with Crippen LogP contribution in [0.3, 0.4) is 0 Å². The van der Waals surface area contributed by atoms with Crippen molar-refractivity contribution in [3.8, 4) is 0 Å². The Bertz CT molecular complexity index is 553. The maximum Gasteiger partial charge on any atom is 0.348 e. The minimum atomic E-state index is -3.56. The lowest BCUT2D eigenvalue weighted by Crippen LogP contribution is -2.42. The zero-order valence-electron chi connectivity index (χ0n) is 10.9. The van der Waals surface area contributed by atoms with Crippen LogP contribution >= 0.6 is 23.7 Å². The third-order valence-corrected chi connectivity index (χ3v) is 5.49. The van der Waals surface area contributed by atoms with Gasteiger partial charge in [-0.3, -0.25) is 0 Å². The number of nitrogens with one attached hydrogen (secondary N) is 2. The van der Waals surface area contributed by atoms with E-state index in [4.69, 9.17) is 0 Å². The number of piperidine rings is 1. The summed E-state index contributed by atoms with van der Waals surface area (Å²) in [6.07, 6.45) is 1.54. The molecule has 0 unspecified atom stereocenters. The summed E-state index contributed by atoms with van der Waals surface area (Å²) in [5.74, 6) is -0.520. The summed E-state index contributed by atoms with van der Waals surface area (Å²) < 4.78 is 31.5. The molecule has 0 bridgehead atoms. The molecule has 1 aliphatic rings. The Morgan fingerprint density at radius 3 is 2.70 bits per heavy atom. The van der Waals surface area contributed by atoms with Crippen molar-refractivity contribution in [2.45, 2.75) is 23.8 Å². The Morgan fingerprint density at radius 2 is 2.10 bits per heavy atom. The zero-order chi connectivity index (χ0) is 13.9. The van der Waals surface area contributed by atoms with Crippen molar-refractivity contribution in [2.24, 2.45) is 0 Å². The first-order valence-electron chi connectivity index (χ1n) is 5.93. The number of esters is 1. The molecular weight excluding hydrogens is 324 g/mol. The molecule has 6 nitrogen and oxygen atoms in total. The van der Waals surface area contributed by atoms with Crippen LogP contribution in [0.1, 0.15) is 22.5 Å². The van der Waals surface area contributed by atoms with Crippen molar-refractivity contribution in [3.05, 3.63) is 16.3 Å². The smallest absolute Gasteiger partial charge is 0.348 e. The van der Waals surface area contributed by atoms with Gasteiger partial charge in [-0.2, -0.15) is 0 Å². The number of rotatable bonds is 4. The molecule has 2 heterocycles. The molecule has 1 aromatic heterocycles. The number of sulfonamides is 1. The first-order chi connectivity index (χ1) is 9.03. The van der Waals surface area contributed by atoms with Gasteiger partial charge in [0, 0.05) is 11.4 Å². The molecule has 1 fully saturated rings. The van der Waals surface area contributed by atoms with E-state index in [1.54, 1.807) is 0 Å². The number of thiophene rings is 1. The molecule has 2 rings (SSSR count). The van der Waals surface area contributed by atoms with Crippen molar-refractivity contribution in [3.63, 3.8) is 0 Å². The number of hydrogen-bond acceptors (Lipinski definition) is 6. The molecule has 20 heavy (non-hydrogen) atoms. The Morgan fingerprint density at radius 1 is 1.45 bits per heavy atom. The van der Waals surface area contributed by atoms with Crippen molar-refractivity contribution in [1.29, 1.82) is 0 Å².